The van der Waals surface area contributed by atoms with Gasteiger partial charge in [-0.15, -0.1) is 0 Å². The molecule has 1 N–H and O–H groups in total. The first kappa shape index (κ1) is 12.9. The van der Waals surface area contributed by atoms with E-state index in [1.165, 1.54) is 6.20 Å². The van der Waals surface area contributed by atoms with Crippen LogP contribution in [0.25, 0.3) is 0 Å². The number of nitrogens with one attached hydrogen (secondary N) is 1. The van der Waals surface area contributed by atoms with Gasteiger partial charge in [0.05, 0.1) is 6.54 Å². The Morgan fingerprint density at radius 1 is 1.38 bits per heavy atom. The number of halogens is 4. The average Bonchev–Trinajstić information content (AvgIpc) is 2.17. The van der Waals surface area contributed by atoms with Crippen molar-refractivity contribution in [2.24, 2.45) is 0 Å². The molecule has 1 aromatic heterocycles. The zero-order chi connectivity index (χ0) is 12.2. The van der Waals surface area contributed by atoms with Crippen molar-refractivity contribution in [1.82, 2.24) is 10.3 Å². The van der Waals surface area contributed by atoms with Gasteiger partial charge in [0, 0.05) is 18.9 Å². The fourth-order valence-electron chi connectivity index (χ4n) is 1.16. The molecular weight excluding hydrogens is 224 g/mol. The zero-order valence-corrected chi connectivity index (χ0v) is 8.68. The molecule has 0 bridgehead atoms. The second-order valence-corrected chi connectivity index (χ2v) is 3.54. The SMILES string of the molecule is Cc1cncc(CNCC(F)(F)C(F)F)c1. The smallest absolute Gasteiger partial charge is 0.307 e. The van der Waals surface area contributed by atoms with E-state index in [0.717, 1.165) is 5.56 Å². The van der Waals surface area contributed by atoms with Gasteiger partial charge in [-0.1, -0.05) is 6.07 Å². The Kier molecular flexibility index (Phi) is 4.23. The first-order chi connectivity index (χ1) is 7.42. The molecule has 0 saturated heterocycles. The summed E-state index contributed by atoms with van der Waals surface area (Å²) in [6.45, 7) is 0.861. The lowest BCUT2D eigenvalue weighted by molar-refractivity contribution is -0.125. The van der Waals surface area contributed by atoms with Crippen LogP contribution in [-0.4, -0.2) is 23.9 Å². The summed E-state index contributed by atoms with van der Waals surface area (Å²) in [5, 5.41) is 2.28. The van der Waals surface area contributed by atoms with E-state index in [2.05, 4.69) is 10.3 Å². The van der Waals surface area contributed by atoms with E-state index in [1.807, 2.05) is 6.92 Å². The van der Waals surface area contributed by atoms with Crippen LogP contribution >= 0.6 is 0 Å². The lowest BCUT2D eigenvalue weighted by Gasteiger charge is -2.15. The molecule has 0 fully saturated rings. The molecule has 0 radical (unpaired) electrons. The summed E-state index contributed by atoms with van der Waals surface area (Å²) >= 11 is 0. The Balaban J connectivity index is 2.42. The third-order valence-electron chi connectivity index (χ3n) is 1.94. The predicted octanol–water partition coefficient (Wildman–Crippen LogP) is 2.38. The van der Waals surface area contributed by atoms with Crippen LogP contribution in [-0.2, 0) is 6.54 Å². The standard InChI is InChI=1S/C10H12F4N2/c1-7-2-8(4-15-3-7)5-16-6-10(13,14)9(11)12/h2-4,9,16H,5-6H2,1H3. The van der Waals surface area contributed by atoms with Gasteiger partial charge in [-0.25, -0.2) is 8.78 Å². The highest BCUT2D eigenvalue weighted by Gasteiger charge is 2.39. The topological polar surface area (TPSA) is 24.9 Å². The summed E-state index contributed by atoms with van der Waals surface area (Å²) in [5.74, 6) is -3.99. The van der Waals surface area contributed by atoms with Crippen molar-refractivity contribution in [3.05, 3.63) is 29.6 Å². The molecule has 0 unspecified atom stereocenters. The molecule has 0 aliphatic heterocycles. The molecule has 2 nitrogen and oxygen atoms in total. The molecule has 0 amide bonds. The van der Waals surface area contributed by atoms with Crippen molar-refractivity contribution >= 4 is 0 Å². The maximum absolute atomic E-state index is 12.5. The number of alkyl halides is 4. The van der Waals surface area contributed by atoms with Gasteiger partial charge in [0.2, 0.25) is 0 Å². The number of hydrogen-bond donors (Lipinski definition) is 1. The molecule has 0 aliphatic rings. The normalized spacial score (nSPS) is 12.1. The second kappa shape index (κ2) is 5.25. The highest BCUT2D eigenvalue weighted by molar-refractivity contribution is 5.16. The van der Waals surface area contributed by atoms with E-state index < -0.39 is 18.9 Å². The third-order valence-corrected chi connectivity index (χ3v) is 1.94. The Morgan fingerprint density at radius 2 is 2.06 bits per heavy atom. The van der Waals surface area contributed by atoms with Crippen LogP contribution in [0.3, 0.4) is 0 Å². The van der Waals surface area contributed by atoms with Gasteiger partial charge in [-0.3, -0.25) is 4.98 Å². The highest BCUT2D eigenvalue weighted by Crippen LogP contribution is 2.21. The molecule has 1 aromatic rings. The molecule has 0 spiro atoms. The molecule has 0 aromatic carbocycles. The van der Waals surface area contributed by atoms with Crippen molar-refractivity contribution in [2.45, 2.75) is 25.8 Å². The molecule has 90 valence electrons. The van der Waals surface area contributed by atoms with Gasteiger partial charge in [0.25, 0.3) is 0 Å². The molecule has 1 rings (SSSR count). The molecular formula is C10H12F4N2. The monoisotopic (exact) mass is 236 g/mol. The van der Waals surface area contributed by atoms with Gasteiger partial charge in [-0.2, -0.15) is 8.78 Å². The van der Waals surface area contributed by atoms with E-state index in [4.69, 9.17) is 0 Å². The minimum atomic E-state index is -3.99. The van der Waals surface area contributed by atoms with Crippen LogP contribution < -0.4 is 5.32 Å². The Morgan fingerprint density at radius 3 is 2.62 bits per heavy atom. The van der Waals surface area contributed by atoms with Crippen LogP contribution in [0.4, 0.5) is 17.6 Å². The van der Waals surface area contributed by atoms with Gasteiger partial charge < -0.3 is 5.32 Å². The molecule has 1 heterocycles. The molecule has 0 aliphatic carbocycles. The molecule has 6 heteroatoms. The Labute approximate surface area is 90.7 Å². The summed E-state index contributed by atoms with van der Waals surface area (Å²) in [5.41, 5.74) is 1.57. The maximum atomic E-state index is 12.5. The van der Waals surface area contributed by atoms with Crippen molar-refractivity contribution in [2.75, 3.05) is 6.54 Å². The van der Waals surface area contributed by atoms with E-state index >= 15 is 0 Å². The number of hydrogen-bond acceptors (Lipinski definition) is 2. The van der Waals surface area contributed by atoms with Crippen LogP contribution in [0.1, 0.15) is 11.1 Å². The molecule has 0 atom stereocenters. The first-order valence-corrected chi connectivity index (χ1v) is 4.69. The number of nitrogens with zero attached hydrogens (tertiary/aromatic N) is 1. The quantitative estimate of drug-likeness (QED) is 0.794. The van der Waals surface area contributed by atoms with Gasteiger partial charge in [0.1, 0.15) is 0 Å². The predicted molar refractivity (Wildman–Crippen MR) is 51.6 cm³/mol. The van der Waals surface area contributed by atoms with Crippen LogP contribution in [0, 0.1) is 6.92 Å². The summed E-state index contributed by atoms with van der Waals surface area (Å²) in [6.07, 6.45) is -0.520. The molecule has 0 saturated carbocycles. The van der Waals surface area contributed by atoms with Crippen molar-refractivity contribution < 1.29 is 17.6 Å². The van der Waals surface area contributed by atoms with E-state index in [9.17, 15) is 17.6 Å². The van der Waals surface area contributed by atoms with E-state index in [0.29, 0.717) is 5.56 Å². The number of aryl methyl sites for hydroxylation is 1. The largest absolute Gasteiger partial charge is 0.319 e. The van der Waals surface area contributed by atoms with Gasteiger partial charge >= 0.3 is 12.3 Å². The first-order valence-electron chi connectivity index (χ1n) is 4.69. The number of pyridine rings is 1. The van der Waals surface area contributed by atoms with Crippen LogP contribution in [0.2, 0.25) is 0 Å². The van der Waals surface area contributed by atoms with Crippen LogP contribution in [0.5, 0.6) is 0 Å². The lowest BCUT2D eigenvalue weighted by atomic mass is 10.2. The summed E-state index contributed by atoms with van der Waals surface area (Å²) in [6, 6.07) is 1.75. The minimum absolute atomic E-state index is 0.0942. The van der Waals surface area contributed by atoms with E-state index in [-0.39, 0.29) is 6.54 Å². The third kappa shape index (κ3) is 3.77. The Bertz CT molecular complexity index is 341. The molecule has 16 heavy (non-hydrogen) atoms. The highest BCUT2D eigenvalue weighted by atomic mass is 19.3. The fraction of sp³-hybridized carbons (Fsp3) is 0.500. The van der Waals surface area contributed by atoms with Gasteiger partial charge in [0.15, 0.2) is 0 Å². The second-order valence-electron chi connectivity index (χ2n) is 3.54. The average molecular weight is 236 g/mol. The maximum Gasteiger partial charge on any atom is 0.319 e. The van der Waals surface area contributed by atoms with Crippen molar-refractivity contribution in [3.8, 4) is 0 Å². The van der Waals surface area contributed by atoms with Gasteiger partial charge in [-0.05, 0) is 18.1 Å². The summed E-state index contributed by atoms with van der Waals surface area (Å²) in [4.78, 5) is 3.86. The fourth-order valence-corrected chi connectivity index (χ4v) is 1.16. The van der Waals surface area contributed by atoms with Crippen LogP contribution in [0.15, 0.2) is 18.5 Å². The summed E-state index contributed by atoms with van der Waals surface area (Å²) in [7, 11) is 0. The zero-order valence-electron chi connectivity index (χ0n) is 8.68. The lowest BCUT2D eigenvalue weighted by Crippen LogP contribution is -2.38. The minimum Gasteiger partial charge on any atom is -0.307 e. The Hall–Kier alpha value is -1.17. The summed E-state index contributed by atoms with van der Waals surface area (Å²) < 4.78 is 48.6. The number of rotatable bonds is 5. The van der Waals surface area contributed by atoms with Crippen molar-refractivity contribution in [1.29, 1.82) is 0 Å². The van der Waals surface area contributed by atoms with E-state index in [1.54, 1.807) is 12.3 Å². The van der Waals surface area contributed by atoms with Crippen molar-refractivity contribution in [3.63, 3.8) is 0 Å². The number of aromatic nitrogens is 1.